The Morgan fingerprint density at radius 2 is 1.26 bits per heavy atom. The van der Waals surface area contributed by atoms with E-state index in [1.54, 1.807) is 24.3 Å². The van der Waals surface area contributed by atoms with Crippen LogP contribution in [0.15, 0.2) is 48.5 Å². The highest BCUT2D eigenvalue weighted by Crippen LogP contribution is 2.44. The molecule has 0 bridgehead atoms. The van der Waals surface area contributed by atoms with Crippen LogP contribution in [0.25, 0.3) is 0 Å². The summed E-state index contributed by atoms with van der Waals surface area (Å²) in [7, 11) is 0. The molecule has 2 aromatic rings. The van der Waals surface area contributed by atoms with Gasteiger partial charge in [0.25, 0.3) is 0 Å². The third-order valence-corrected chi connectivity index (χ3v) is 8.00. The Morgan fingerprint density at radius 1 is 0.815 bits per heavy atom. The van der Waals surface area contributed by atoms with E-state index in [0.29, 0.717) is 24.3 Å². The average Bonchev–Trinajstić information content (AvgIpc) is 2.89. The van der Waals surface area contributed by atoms with Gasteiger partial charge in [-0.3, -0.25) is 14.5 Å². The van der Waals surface area contributed by atoms with E-state index in [2.05, 4.69) is 31.9 Å². The SMILES string of the molecule is Cc1ccc(Oc2ccc(N3C(=O)[C@H]4C[C@@H](Br)[C@H](Br)C[C@@H]4C3=O)cc2)cc1. The first-order valence-corrected chi connectivity index (χ1v) is 10.8. The van der Waals surface area contributed by atoms with Gasteiger partial charge < -0.3 is 4.74 Å². The molecule has 1 saturated carbocycles. The first kappa shape index (κ1) is 18.7. The van der Waals surface area contributed by atoms with Crippen LogP contribution in [-0.4, -0.2) is 21.5 Å². The van der Waals surface area contributed by atoms with Crippen molar-refractivity contribution in [2.75, 3.05) is 4.90 Å². The van der Waals surface area contributed by atoms with E-state index in [0.717, 1.165) is 5.75 Å². The number of imide groups is 1. The Morgan fingerprint density at radius 3 is 1.74 bits per heavy atom. The van der Waals surface area contributed by atoms with Crippen molar-refractivity contribution in [1.82, 2.24) is 0 Å². The Bertz CT molecular complexity index is 838. The van der Waals surface area contributed by atoms with E-state index >= 15 is 0 Å². The molecule has 2 aliphatic rings. The Balaban J connectivity index is 1.52. The molecule has 1 aliphatic carbocycles. The second kappa shape index (κ2) is 7.40. The number of ether oxygens (including phenoxy) is 1. The number of rotatable bonds is 3. The van der Waals surface area contributed by atoms with Crippen molar-refractivity contribution >= 4 is 49.4 Å². The second-order valence-corrected chi connectivity index (χ2v) is 9.49. The van der Waals surface area contributed by atoms with Gasteiger partial charge in [-0.15, -0.1) is 0 Å². The third-order valence-electron chi connectivity index (χ3n) is 5.26. The van der Waals surface area contributed by atoms with Crippen molar-refractivity contribution in [1.29, 1.82) is 0 Å². The lowest BCUT2D eigenvalue weighted by molar-refractivity contribution is -0.122. The summed E-state index contributed by atoms with van der Waals surface area (Å²) in [6.45, 7) is 2.02. The minimum absolute atomic E-state index is 0.0962. The Labute approximate surface area is 175 Å². The van der Waals surface area contributed by atoms with Crippen molar-refractivity contribution in [2.45, 2.75) is 29.4 Å². The van der Waals surface area contributed by atoms with Crippen molar-refractivity contribution in [3.8, 4) is 11.5 Å². The maximum absolute atomic E-state index is 12.8. The predicted molar refractivity (Wildman–Crippen MR) is 112 cm³/mol. The fourth-order valence-corrected chi connectivity index (χ4v) is 4.99. The molecule has 0 aromatic heterocycles. The number of benzene rings is 2. The maximum Gasteiger partial charge on any atom is 0.237 e. The molecule has 4 atom stereocenters. The van der Waals surface area contributed by atoms with Crippen molar-refractivity contribution in [3.63, 3.8) is 0 Å². The smallest absolute Gasteiger partial charge is 0.237 e. The molecule has 0 spiro atoms. The molecular weight excluding hydrogens is 474 g/mol. The number of aryl methyl sites for hydroxylation is 1. The van der Waals surface area contributed by atoms with Gasteiger partial charge in [0.1, 0.15) is 11.5 Å². The molecule has 1 heterocycles. The number of amides is 2. The molecule has 1 saturated heterocycles. The number of halogens is 2. The third kappa shape index (κ3) is 3.57. The number of hydrogen-bond donors (Lipinski definition) is 0. The van der Waals surface area contributed by atoms with Crippen LogP contribution in [0.2, 0.25) is 0 Å². The van der Waals surface area contributed by atoms with Gasteiger partial charge in [0.15, 0.2) is 0 Å². The summed E-state index contributed by atoms with van der Waals surface area (Å²) >= 11 is 7.23. The lowest BCUT2D eigenvalue weighted by Gasteiger charge is -2.29. The van der Waals surface area contributed by atoms with Gasteiger partial charge in [0.05, 0.1) is 17.5 Å². The zero-order valence-corrected chi connectivity index (χ0v) is 17.9. The van der Waals surface area contributed by atoms with Gasteiger partial charge in [0.2, 0.25) is 11.8 Å². The lowest BCUT2D eigenvalue weighted by atomic mass is 9.81. The highest BCUT2D eigenvalue weighted by molar-refractivity contribution is 9.12. The van der Waals surface area contributed by atoms with E-state index in [-0.39, 0.29) is 33.3 Å². The number of fused-ring (bicyclic) bond motifs is 1. The summed E-state index contributed by atoms with van der Waals surface area (Å²) in [5, 5.41) is 0. The quantitative estimate of drug-likeness (QED) is 0.436. The van der Waals surface area contributed by atoms with Crippen LogP contribution in [-0.2, 0) is 9.59 Å². The summed E-state index contributed by atoms with van der Waals surface area (Å²) in [5.41, 5.74) is 1.77. The van der Waals surface area contributed by atoms with E-state index in [1.165, 1.54) is 10.5 Å². The van der Waals surface area contributed by atoms with Crippen LogP contribution in [0.5, 0.6) is 11.5 Å². The van der Waals surface area contributed by atoms with Gasteiger partial charge in [-0.2, -0.15) is 0 Å². The fraction of sp³-hybridized carbons (Fsp3) is 0.333. The normalized spacial score (nSPS) is 27.6. The van der Waals surface area contributed by atoms with E-state index in [4.69, 9.17) is 4.74 Å². The standard InChI is InChI=1S/C21H19Br2NO3/c1-12-2-6-14(7-3-12)27-15-8-4-13(5-9-15)24-20(25)16-10-18(22)19(23)11-17(16)21(24)26/h2-9,16-19H,10-11H2,1H3/t16-,17-,18+,19+/m0/s1. The summed E-state index contributed by atoms with van der Waals surface area (Å²) in [6, 6.07) is 14.9. The van der Waals surface area contributed by atoms with Crippen LogP contribution in [0, 0.1) is 18.8 Å². The highest BCUT2D eigenvalue weighted by atomic mass is 79.9. The molecule has 6 heteroatoms. The van der Waals surface area contributed by atoms with Gasteiger partial charge in [-0.25, -0.2) is 0 Å². The zero-order chi connectivity index (χ0) is 19.1. The minimum atomic E-state index is -0.237. The maximum atomic E-state index is 12.8. The van der Waals surface area contributed by atoms with Gasteiger partial charge >= 0.3 is 0 Å². The Hall–Kier alpha value is -1.66. The monoisotopic (exact) mass is 491 g/mol. The summed E-state index contributed by atoms with van der Waals surface area (Å²) in [4.78, 5) is 27.5. The highest BCUT2D eigenvalue weighted by Gasteiger charge is 2.52. The second-order valence-electron chi connectivity index (χ2n) is 7.14. The van der Waals surface area contributed by atoms with Crippen LogP contribution in [0.3, 0.4) is 0 Å². The summed E-state index contributed by atoms with van der Waals surface area (Å²) in [6.07, 6.45) is 1.35. The minimum Gasteiger partial charge on any atom is -0.457 e. The molecule has 2 amide bonds. The van der Waals surface area contributed by atoms with Crippen LogP contribution in [0.4, 0.5) is 5.69 Å². The number of nitrogens with zero attached hydrogens (tertiary/aromatic N) is 1. The van der Waals surface area contributed by atoms with Crippen LogP contribution >= 0.6 is 31.9 Å². The summed E-state index contributed by atoms with van der Waals surface area (Å²) in [5.74, 6) is 0.750. The molecule has 4 rings (SSSR count). The lowest BCUT2D eigenvalue weighted by Crippen LogP contribution is -2.34. The Kier molecular flexibility index (Phi) is 5.12. The van der Waals surface area contributed by atoms with Gasteiger partial charge in [0, 0.05) is 9.65 Å². The van der Waals surface area contributed by atoms with Crippen molar-refractivity contribution < 1.29 is 14.3 Å². The van der Waals surface area contributed by atoms with E-state index < -0.39 is 0 Å². The van der Waals surface area contributed by atoms with Crippen molar-refractivity contribution in [2.24, 2.45) is 11.8 Å². The molecule has 140 valence electrons. The molecule has 2 fully saturated rings. The topological polar surface area (TPSA) is 46.6 Å². The van der Waals surface area contributed by atoms with Gasteiger partial charge in [-0.1, -0.05) is 49.6 Å². The molecule has 1 aliphatic heterocycles. The van der Waals surface area contributed by atoms with E-state index in [1.807, 2.05) is 31.2 Å². The number of alkyl halides is 2. The largest absolute Gasteiger partial charge is 0.457 e. The predicted octanol–water partition coefficient (Wildman–Crippen LogP) is 5.21. The number of anilines is 1. The van der Waals surface area contributed by atoms with E-state index in [9.17, 15) is 9.59 Å². The number of carbonyl (C=O) groups is 2. The number of carbonyl (C=O) groups excluding carboxylic acids is 2. The number of hydrogen-bond acceptors (Lipinski definition) is 3. The first-order chi connectivity index (χ1) is 12.9. The average molecular weight is 493 g/mol. The van der Waals surface area contributed by atoms with Crippen LogP contribution < -0.4 is 9.64 Å². The van der Waals surface area contributed by atoms with Crippen LogP contribution in [0.1, 0.15) is 18.4 Å². The first-order valence-electron chi connectivity index (χ1n) is 8.94. The molecule has 0 radical (unpaired) electrons. The van der Waals surface area contributed by atoms with Gasteiger partial charge in [-0.05, 0) is 56.2 Å². The molecule has 27 heavy (non-hydrogen) atoms. The summed E-state index contributed by atoms with van der Waals surface area (Å²) < 4.78 is 5.83. The molecule has 0 N–H and O–H groups in total. The molecular formula is C21H19Br2NO3. The van der Waals surface area contributed by atoms with Crippen molar-refractivity contribution in [3.05, 3.63) is 54.1 Å². The molecule has 4 nitrogen and oxygen atoms in total. The zero-order valence-electron chi connectivity index (χ0n) is 14.8. The molecule has 0 unspecified atom stereocenters. The molecule has 2 aromatic carbocycles. The fourth-order valence-electron chi connectivity index (χ4n) is 3.76.